The SMILES string of the molecule is Nc1cccc(C(=O)O)c1-c1ccnc(Nc2ccc(C(F)(F)F)cc2)n1. The second-order valence-electron chi connectivity index (χ2n) is 5.54. The second kappa shape index (κ2) is 6.94. The summed E-state index contributed by atoms with van der Waals surface area (Å²) in [6.45, 7) is 0. The molecule has 0 saturated heterocycles. The Labute approximate surface area is 151 Å². The first-order valence-electron chi connectivity index (χ1n) is 7.65. The molecule has 0 aliphatic carbocycles. The lowest BCUT2D eigenvalue weighted by Gasteiger charge is -2.11. The van der Waals surface area contributed by atoms with Gasteiger partial charge in [-0.25, -0.2) is 14.8 Å². The van der Waals surface area contributed by atoms with Crippen LogP contribution in [0.3, 0.4) is 0 Å². The zero-order valence-electron chi connectivity index (χ0n) is 13.7. The van der Waals surface area contributed by atoms with Crippen molar-refractivity contribution in [2.75, 3.05) is 11.1 Å². The molecule has 0 atom stereocenters. The number of carboxylic acid groups (broad SMARTS) is 1. The van der Waals surface area contributed by atoms with Gasteiger partial charge in [0.2, 0.25) is 5.95 Å². The van der Waals surface area contributed by atoms with Crippen LogP contribution in [0.5, 0.6) is 0 Å². The molecule has 9 heteroatoms. The highest BCUT2D eigenvalue weighted by atomic mass is 19.4. The largest absolute Gasteiger partial charge is 0.478 e. The molecule has 138 valence electrons. The quantitative estimate of drug-likeness (QED) is 0.592. The summed E-state index contributed by atoms with van der Waals surface area (Å²) in [7, 11) is 0. The molecule has 4 N–H and O–H groups in total. The van der Waals surface area contributed by atoms with Crippen LogP contribution in [-0.2, 0) is 6.18 Å². The summed E-state index contributed by atoms with van der Waals surface area (Å²) in [6.07, 6.45) is -3.03. The van der Waals surface area contributed by atoms with Crippen molar-refractivity contribution in [3.8, 4) is 11.3 Å². The van der Waals surface area contributed by atoms with Gasteiger partial charge in [0.25, 0.3) is 0 Å². The van der Waals surface area contributed by atoms with E-state index >= 15 is 0 Å². The lowest BCUT2D eigenvalue weighted by atomic mass is 10.0. The number of carbonyl (C=O) groups is 1. The Morgan fingerprint density at radius 2 is 1.78 bits per heavy atom. The molecule has 0 amide bonds. The molecule has 0 spiro atoms. The van der Waals surface area contributed by atoms with Crippen LogP contribution < -0.4 is 11.1 Å². The molecule has 27 heavy (non-hydrogen) atoms. The molecule has 0 aliphatic heterocycles. The van der Waals surface area contributed by atoms with Gasteiger partial charge < -0.3 is 16.2 Å². The van der Waals surface area contributed by atoms with Gasteiger partial charge in [0, 0.05) is 23.1 Å². The van der Waals surface area contributed by atoms with Crippen molar-refractivity contribution in [2.45, 2.75) is 6.18 Å². The number of hydrogen-bond acceptors (Lipinski definition) is 5. The number of hydrogen-bond donors (Lipinski definition) is 3. The van der Waals surface area contributed by atoms with Crippen LogP contribution in [-0.4, -0.2) is 21.0 Å². The van der Waals surface area contributed by atoms with E-state index in [4.69, 9.17) is 5.73 Å². The van der Waals surface area contributed by atoms with E-state index in [0.717, 1.165) is 12.1 Å². The minimum atomic E-state index is -4.42. The first-order chi connectivity index (χ1) is 12.8. The average molecular weight is 374 g/mol. The highest BCUT2D eigenvalue weighted by molar-refractivity contribution is 5.99. The summed E-state index contributed by atoms with van der Waals surface area (Å²) >= 11 is 0. The van der Waals surface area contributed by atoms with Crippen LogP contribution in [0.15, 0.2) is 54.7 Å². The molecule has 0 bridgehead atoms. The van der Waals surface area contributed by atoms with Crippen LogP contribution in [0.1, 0.15) is 15.9 Å². The van der Waals surface area contributed by atoms with Crippen molar-refractivity contribution in [1.29, 1.82) is 0 Å². The third-order valence-electron chi connectivity index (χ3n) is 3.71. The monoisotopic (exact) mass is 374 g/mol. The summed E-state index contributed by atoms with van der Waals surface area (Å²) in [5.41, 5.74) is 6.20. The van der Waals surface area contributed by atoms with Crippen molar-refractivity contribution >= 4 is 23.3 Å². The molecule has 0 aliphatic rings. The zero-order valence-corrected chi connectivity index (χ0v) is 13.7. The van der Waals surface area contributed by atoms with Crippen molar-refractivity contribution in [3.05, 3.63) is 65.9 Å². The molecular formula is C18H13F3N4O2. The number of carboxylic acids is 1. The summed E-state index contributed by atoms with van der Waals surface area (Å²) in [4.78, 5) is 19.7. The van der Waals surface area contributed by atoms with E-state index in [0.29, 0.717) is 5.69 Å². The first-order valence-corrected chi connectivity index (χ1v) is 7.65. The number of nitrogens with one attached hydrogen (secondary N) is 1. The number of nitrogens with zero attached hydrogens (tertiary/aromatic N) is 2. The van der Waals surface area contributed by atoms with Crippen molar-refractivity contribution in [3.63, 3.8) is 0 Å². The molecule has 1 heterocycles. The lowest BCUT2D eigenvalue weighted by molar-refractivity contribution is -0.137. The van der Waals surface area contributed by atoms with Gasteiger partial charge in [-0.1, -0.05) is 6.07 Å². The Hall–Kier alpha value is -3.62. The summed E-state index contributed by atoms with van der Waals surface area (Å²) in [5, 5.41) is 12.1. The number of rotatable bonds is 4. The van der Waals surface area contributed by atoms with Crippen LogP contribution in [0.4, 0.5) is 30.5 Å². The highest BCUT2D eigenvalue weighted by Gasteiger charge is 2.29. The molecule has 6 nitrogen and oxygen atoms in total. The van der Waals surface area contributed by atoms with Crippen LogP contribution in [0, 0.1) is 0 Å². The molecule has 1 aromatic heterocycles. The Morgan fingerprint density at radius 1 is 1.07 bits per heavy atom. The number of aromatic carboxylic acids is 1. The first kappa shape index (κ1) is 18.2. The fraction of sp³-hybridized carbons (Fsp3) is 0.0556. The van der Waals surface area contributed by atoms with E-state index < -0.39 is 17.7 Å². The maximum absolute atomic E-state index is 12.6. The van der Waals surface area contributed by atoms with Gasteiger partial charge in [0.15, 0.2) is 0 Å². The normalized spacial score (nSPS) is 11.2. The van der Waals surface area contributed by atoms with E-state index in [1.807, 2.05) is 0 Å². The molecule has 3 aromatic rings. The van der Waals surface area contributed by atoms with Gasteiger partial charge in [0.05, 0.1) is 16.8 Å². The summed E-state index contributed by atoms with van der Waals surface area (Å²) in [6, 6.07) is 10.3. The molecule has 0 fully saturated rings. The molecule has 0 saturated carbocycles. The number of aromatic nitrogens is 2. The van der Waals surface area contributed by atoms with E-state index in [1.165, 1.54) is 36.5 Å². The van der Waals surface area contributed by atoms with Gasteiger partial charge in [0.1, 0.15) is 0 Å². The molecule has 2 aromatic carbocycles. The average Bonchev–Trinajstić information content (AvgIpc) is 2.61. The Bertz CT molecular complexity index is 989. The van der Waals surface area contributed by atoms with Gasteiger partial charge in [-0.3, -0.25) is 0 Å². The maximum atomic E-state index is 12.6. The number of anilines is 3. The minimum absolute atomic E-state index is 0.0193. The van der Waals surface area contributed by atoms with Gasteiger partial charge in [-0.15, -0.1) is 0 Å². The minimum Gasteiger partial charge on any atom is -0.478 e. The zero-order chi connectivity index (χ0) is 19.6. The van der Waals surface area contributed by atoms with E-state index in [-0.39, 0.29) is 28.5 Å². The fourth-order valence-corrected chi connectivity index (χ4v) is 2.46. The summed E-state index contributed by atoms with van der Waals surface area (Å²) in [5.74, 6) is -1.07. The second-order valence-corrected chi connectivity index (χ2v) is 5.54. The number of alkyl halides is 3. The summed E-state index contributed by atoms with van der Waals surface area (Å²) < 4.78 is 37.9. The maximum Gasteiger partial charge on any atom is 0.416 e. The number of nitrogen functional groups attached to an aromatic ring is 1. The predicted molar refractivity (Wildman–Crippen MR) is 93.6 cm³/mol. The van der Waals surface area contributed by atoms with E-state index in [2.05, 4.69) is 15.3 Å². The van der Waals surface area contributed by atoms with Crippen molar-refractivity contribution in [1.82, 2.24) is 9.97 Å². The van der Waals surface area contributed by atoms with Crippen molar-refractivity contribution in [2.24, 2.45) is 0 Å². The van der Waals surface area contributed by atoms with Crippen LogP contribution >= 0.6 is 0 Å². The van der Waals surface area contributed by atoms with E-state index in [1.54, 1.807) is 6.07 Å². The molecule has 3 rings (SSSR count). The lowest BCUT2D eigenvalue weighted by Crippen LogP contribution is -2.06. The Balaban J connectivity index is 1.93. The Morgan fingerprint density at radius 3 is 2.41 bits per heavy atom. The smallest absolute Gasteiger partial charge is 0.416 e. The molecule has 0 radical (unpaired) electrons. The third-order valence-corrected chi connectivity index (χ3v) is 3.71. The third kappa shape index (κ3) is 3.97. The number of benzene rings is 2. The van der Waals surface area contributed by atoms with Crippen LogP contribution in [0.25, 0.3) is 11.3 Å². The van der Waals surface area contributed by atoms with Crippen LogP contribution in [0.2, 0.25) is 0 Å². The van der Waals surface area contributed by atoms with Gasteiger partial charge in [-0.05, 0) is 42.5 Å². The number of nitrogens with two attached hydrogens (primary N) is 1. The fourth-order valence-electron chi connectivity index (χ4n) is 2.46. The van der Waals surface area contributed by atoms with Gasteiger partial charge >= 0.3 is 12.1 Å². The van der Waals surface area contributed by atoms with Gasteiger partial charge in [-0.2, -0.15) is 13.2 Å². The molecular weight excluding hydrogens is 361 g/mol. The van der Waals surface area contributed by atoms with E-state index in [9.17, 15) is 23.1 Å². The molecule has 0 unspecified atom stereocenters. The highest BCUT2D eigenvalue weighted by Crippen LogP contribution is 2.31. The Kier molecular flexibility index (Phi) is 4.68. The predicted octanol–water partition coefficient (Wildman–Crippen LogP) is 4.19. The topological polar surface area (TPSA) is 101 Å². The number of halogens is 3. The van der Waals surface area contributed by atoms with Crippen molar-refractivity contribution < 1.29 is 23.1 Å². The standard InChI is InChI=1S/C18H13F3N4O2/c19-18(20,21)10-4-6-11(7-5-10)24-17-23-9-8-14(25-17)15-12(16(26)27)2-1-3-13(15)22/h1-9H,22H2,(H,26,27)(H,23,24,25).